The van der Waals surface area contributed by atoms with Gasteiger partial charge in [-0.2, -0.15) is 0 Å². The Morgan fingerprint density at radius 2 is 1.80 bits per heavy atom. The van der Waals surface area contributed by atoms with E-state index in [2.05, 4.69) is 35.6 Å². The lowest BCUT2D eigenvalue weighted by molar-refractivity contribution is -0.127. The zero-order chi connectivity index (χ0) is 16.6. The van der Waals surface area contributed by atoms with Gasteiger partial charge in [0.25, 0.3) is 0 Å². The van der Waals surface area contributed by atoms with E-state index in [1.54, 1.807) is 0 Å². The molecule has 3 aliphatic carbocycles. The molecule has 2 bridgehead atoms. The molecule has 5 heteroatoms. The van der Waals surface area contributed by atoms with E-state index in [9.17, 15) is 4.79 Å². The largest absolute Gasteiger partial charge is 0.354 e. The summed E-state index contributed by atoms with van der Waals surface area (Å²) in [4.78, 5) is 14.0. The second-order valence-corrected chi connectivity index (χ2v) is 9.55. The normalized spacial score (nSPS) is 32.4. The first-order chi connectivity index (χ1) is 11.7. The molecule has 138 valence electrons. The minimum atomic E-state index is 0. The molecule has 3 N–H and O–H groups in total. The van der Waals surface area contributed by atoms with Crippen LogP contribution in [-0.4, -0.2) is 23.2 Å². The predicted molar refractivity (Wildman–Crippen MR) is 106 cm³/mol. The first-order valence-electron chi connectivity index (χ1n) is 9.43. The zero-order valence-corrected chi connectivity index (χ0v) is 16.3. The Labute approximate surface area is 161 Å². The highest BCUT2D eigenvalue weighted by Gasteiger charge is 2.45. The summed E-state index contributed by atoms with van der Waals surface area (Å²) < 4.78 is 0.234. The van der Waals surface area contributed by atoms with Crippen molar-refractivity contribution in [2.75, 3.05) is 6.54 Å². The van der Waals surface area contributed by atoms with E-state index < -0.39 is 0 Å². The van der Waals surface area contributed by atoms with Crippen molar-refractivity contribution in [3.8, 4) is 0 Å². The van der Waals surface area contributed by atoms with Crippen molar-refractivity contribution in [1.82, 2.24) is 5.32 Å². The number of carbonyl (C=O) groups is 1. The molecular formula is C20H29ClN2OS. The van der Waals surface area contributed by atoms with Gasteiger partial charge in [-0.15, -0.1) is 24.2 Å². The summed E-state index contributed by atoms with van der Waals surface area (Å²) in [7, 11) is 0. The van der Waals surface area contributed by atoms with Gasteiger partial charge in [0, 0.05) is 28.1 Å². The fraction of sp³-hybridized carbons (Fsp3) is 0.650. The lowest BCUT2D eigenvalue weighted by Crippen LogP contribution is -2.49. The lowest BCUT2D eigenvalue weighted by atomic mass is 9.65. The van der Waals surface area contributed by atoms with Crippen LogP contribution in [0.1, 0.15) is 44.9 Å². The Hall–Kier alpha value is -0.710. The number of halogens is 1. The van der Waals surface area contributed by atoms with Crippen molar-refractivity contribution < 1.29 is 4.79 Å². The zero-order valence-electron chi connectivity index (χ0n) is 14.7. The van der Waals surface area contributed by atoms with Gasteiger partial charge in [0.05, 0.1) is 0 Å². The first kappa shape index (κ1) is 19.1. The SMILES string of the molecule is Cl.NC1C2CCCC1CC(C(=O)NCC1(Sc3ccccc3)CC1)C2. The number of thioether (sulfide) groups is 1. The maximum Gasteiger partial charge on any atom is 0.223 e. The van der Waals surface area contributed by atoms with Crippen LogP contribution < -0.4 is 11.1 Å². The Balaban J connectivity index is 0.00000182. The summed E-state index contributed by atoms with van der Waals surface area (Å²) in [6.07, 6.45) is 8.14. The number of rotatable bonds is 5. The highest BCUT2D eigenvalue weighted by atomic mass is 35.5. The molecule has 3 fully saturated rings. The molecule has 1 aromatic carbocycles. The van der Waals surface area contributed by atoms with Crippen LogP contribution in [0.15, 0.2) is 35.2 Å². The van der Waals surface area contributed by atoms with E-state index in [0.717, 1.165) is 19.4 Å². The highest BCUT2D eigenvalue weighted by Crippen LogP contribution is 2.51. The molecule has 1 aromatic rings. The Morgan fingerprint density at radius 3 is 2.40 bits per heavy atom. The summed E-state index contributed by atoms with van der Waals surface area (Å²) in [5.41, 5.74) is 6.35. The van der Waals surface area contributed by atoms with Crippen LogP contribution in [0.2, 0.25) is 0 Å². The summed E-state index contributed by atoms with van der Waals surface area (Å²) in [5.74, 6) is 1.61. The Kier molecular flexibility index (Phi) is 6.02. The van der Waals surface area contributed by atoms with Gasteiger partial charge in [0.15, 0.2) is 0 Å². The maximum atomic E-state index is 12.7. The fourth-order valence-electron chi connectivity index (χ4n) is 4.59. The number of carbonyl (C=O) groups excluding carboxylic acids is 1. The van der Waals surface area contributed by atoms with Crippen molar-refractivity contribution in [2.45, 2.75) is 60.6 Å². The maximum absolute atomic E-state index is 12.7. The average molecular weight is 381 g/mol. The second kappa shape index (κ2) is 7.89. The number of fused-ring (bicyclic) bond motifs is 2. The van der Waals surface area contributed by atoms with Gasteiger partial charge in [0.1, 0.15) is 0 Å². The molecule has 2 atom stereocenters. The molecule has 1 amide bonds. The lowest BCUT2D eigenvalue weighted by Gasteiger charge is -2.43. The first-order valence-corrected chi connectivity index (χ1v) is 10.2. The summed E-state index contributed by atoms with van der Waals surface area (Å²) in [6.45, 7) is 0.809. The molecule has 3 saturated carbocycles. The van der Waals surface area contributed by atoms with Crippen LogP contribution >= 0.6 is 24.2 Å². The van der Waals surface area contributed by atoms with Crippen LogP contribution in [0.3, 0.4) is 0 Å². The van der Waals surface area contributed by atoms with Gasteiger partial charge in [-0.1, -0.05) is 24.6 Å². The molecule has 2 unspecified atom stereocenters. The van der Waals surface area contributed by atoms with E-state index >= 15 is 0 Å². The molecule has 0 aromatic heterocycles. The number of benzene rings is 1. The molecule has 3 nitrogen and oxygen atoms in total. The molecular weight excluding hydrogens is 352 g/mol. The smallest absolute Gasteiger partial charge is 0.223 e. The number of hydrogen-bond donors (Lipinski definition) is 2. The van der Waals surface area contributed by atoms with E-state index in [1.165, 1.54) is 37.0 Å². The molecule has 0 aliphatic heterocycles. The van der Waals surface area contributed by atoms with E-state index in [1.807, 2.05) is 11.8 Å². The Bertz CT molecular complexity index is 579. The van der Waals surface area contributed by atoms with Crippen molar-refractivity contribution >= 4 is 30.1 Å². The fourth-order valence-corrected chi connectivity index (χ4v) is 5.83. The van der Waals surface area contributed by atoms with E-state index in [4.69, 9.17) is 5.73 Å². The van der Waals surface area contributed by atoms with Crippen molar-refractivity contribution in [3.05, 3.63) is 30.3 Å². The third-order valence-electron chi connectivity index (χ3n) is 6.25. The molecule has 0 saturated heterocycles. The van der Waals surface area contributed by atoms with Gasteiger partial charge >= 0.3 is 0 Å². The summed E-state index contributed by atoms with van der Waals surface area (Å²) in [5, 5.41) is 3.28. The number of amides is 1. The van der Waals surface area contributed by atoms with Crippen molar-refractivity contribution in [3.63, 3.8) is 0 Å². The molecule has 25 heavy (non-hydrogen) atoms. The monoisotopic (exact) mass is 380 g/mol. The minimum Gasteiger partial charge on any atom is -0.354 e. The molecule has 0 spiro atoms. The van der Waals surface area contributed by atoms with Gasteiger partial charge in [-0.25, -0.2) is 0 Å². The van der Waals surface area contributed by atoms with Crippen LogP contribution in [0.5, 0.6) is 0 Å². The second-order valence-electron chi connectivity index (χ2n) is 8.01. The van der Waals surface area contributed by atoms with Crippen LogP contribution in [0, 0.1) is 17.8 Å². The molecule has 0 radical (unpaired) electrons. The van der Waals surface area contributed by atoms with Gasteiger partial charge in [0.2, 0.25) is 5.91 Å². The predicted octanol–water partition coefficient (Wildman–Crippen LogP) is 4.00. The molecule has 4 rings (SSSR count). The van der Waals surface area contributed by atoms with E-state index in [-0.39, 0.29) is 29.0 Å². The average Bonchev–Trinajstić information content (AvgIpc) is 3.33. The summed E-state index contributed by atoms with van der Waals surface area (Å²) >= 11 is 1.93. The van der Waals surface area contributed by atoms with Gasteiger partial charge < -0.3 is 11.1 Å². The van der Waals surface area contributed by atoms with Crippen LogP contribution in [0.25, 0.3) is 0 Å². The summed E-state index contributed by atoms with van der Waals surface area (Å²) in [6, 6.07) is 10.9. The molecule has 3 aliphatic rings. The molecule has 0 heterocycles. The Morgan fingerprint density at radius 1 is 1.16 bits per heavy atom. The van der Waals surface area contributed by atoms with Gasteiger partial charge in [-0.05, 0) is 62.5 Å². The van der Waals surface area contributed by atoms with Crippen molar-refractivity contribution in [1.29, 1.82) is 0 Å². The third kappa shape index (κ3) is 4.35. The van der Waals surface area contributed by atoms with Crippen molar-refractivity contribution in [2.24, 2.45) is 23.5 Å². The topological polar surface area (TPSA) is 55.1 Å². The van der Waals surface area contributed by atoms with E-state index in [0.29, 0.717) is 17.9 Å². The highest BCUT2D eigenvalue weighted by molar-refractivity contribution is 8.01. The minimum absolute atomic E-state index is 0. The van der Waals surface area contributed by atoms with Crippen LogP contribution in [0.4, 0.5) is 0 Å². The van der Waals surface area contributed by atoms with Gasteiger partial charge in [-0.3, -0.25) is 4.79 Å². The number of nitrogens with two attached hydrogens (primary N) is 1. The number of hydrogen-bond acceptors (Lipinski definition) is 3. The third-order valence-corrected chi connectivity index (χ3v) is 7.75. The number of nitrogens with one attached hydrogen (secondary N) is 1. The quantitative estimate of drug-likeness (QED) is 0.811. The van der Waals surface area contributed by atoms with Crippen LogP contribution in [-0.2, 0) is 4.79 Å². The standard InChI is InChI=1S/C20H28N2OS.ClH/c21-18-14-5-4-6-15(18)12-16(11-14)19(23)22-13-20(9-10-20)24-17-7-2-1-3-8-17;/h1-3,7-8,14-16,18H,4-6,9-13,21H2,(H,22,23);1H.